The molecular formula is C22H32N4O4S. The van der Waals surface area contributed by atoms with Gasteiger partial charge in [0.25, 0.3) is 16.7 Å². The SMILES string of the molecule is Cc1ccc2c(C)cc(N3CCCN(S(=O)(=O)N4CCCC4)CC3)nc2c1C.O=CO. The highest BCUT2D eigenvalue weighted by atomic mass is 32.2. The van der Waals surface area contributed by atoms with Gasteiger partial charge in [-0.05, 0) is 62.8 Å². The van der Waals surface area contributed by atoms with Crippen LogP contribution < -0.4 is 4.90 Å². The molecule has 0 radical (unpaired) electrons. The fourth-order valence-electron chi connectivity index (χ4n) is 4.28. The van der Waals surface area contributed by atoms with Crippen LogP contribution in [0.3, 0.4) is 0 Å². The molecule has 0 bridgehead atoms. The molecule has 0 amide bonds. The number of benzene rings is 1. The Labute approximate surface area is 184 Å². The van der Waals surface area contributed by atoms with Crippen LogP contribution in [0.2, 0.25) is 0 Å². The van der Waals surface area contributed by atoms with Crippen molar-refractivity contribution in [2.75, 3.05) is 44.2 Å². The van der Waals surface area contributed by atoms with Gasteiger partial charge in [-0.3, -0.25) is 4.79 Å². The van der Waals surface area contributed by atoms with E-state index in [9.17, 15) is 8.42 Å². The van der Waals surface area contributed by atoms with Crippen molar-refractivity contribution in [3.8, 4) is 0 Å². The van der Waals surface area contributed by atoms with E-state index in [0.717, 1.165) is 37.1 Å². The van der Waals surface area contributed by atoms with Gasteiger partial charge in [-0.1, -0.05) is 12.1 Å². The molecule has 2 fully saturated rings. The Hall–Kier alpha value is -2.23. The molecule has 2 aliphatic rings. The lowest BCUT2D eigenvalue weighted by Gasteiger charge is -2.26. The molecule has 0 unspecified atom stereocenters. The largest absolute Gasteiger partial charge is 0.483 e. The first kappa shape index (κ1) is 23.4. The lowest BCUT2D eigenvalue weighted by atomic mass is 10.0. The van der Waals surface area contributed by atoms with E-state index < -0.39 is 10.2 Å². The summed E-state index contributed by atoms with van der Waals surface area (Å²) in [6.07, 6.45) is 2.76. The lowest BCUT2D eigenvalue weighted by molar-refractivity contribution is -0.122. The molecule has 0 atom stereocenters. The first-order chi connectivity index (χ1) is 14.8. The molecule has 1 N–H and O–H groups in total. The van der Waals surface area contributed by atoms with Gasteiger partial charge >= 0.3 is 0 Å². The predicted octanol–water partition coefficient (Wildman–Crippen LogP) is 2.71. The number of nitrogens with zero attached hydrogens (tertiary/aromatic N) is 4. The van der Waals surface area contributed by atoms with Crippen molar-refractivity contribution in [1.82, 2.24) is 13.6 Å². The second kappa shape index (κ2) is 9.93. The fraction of sp³-hybridized carbons (Fsp3) is 0.545. The Bertz CT molecular complexity index is 1040. The summed E-state index contributed by atoms with van der Waals surface area (Å²) in [6, 6.07) is 6.44. The first-order valence-corrected chi connectivity index (χ1v) is 12.1. The zero-order chi connectivity index (χ0) is 22.6. The van der Waals surface area contributed by atoms with Crippen molar-refractivity contribution in [2.45, 2.75) is 40.0 Å². The molecule has 4 rings (SSSR count). The molecule has 0 aliphatic carbocycles. The summed E-state index contributed by atoms with van der Waals surface area (Å²) in [7, 11) is -3.33. The van der Waals surface area contributed by atoms with Gasteiger partial charge in [0.2, 0.25) is 0 Å². The van der Waals surface area contributed by atoms with Gasteiger partial charge in [0.15, 0.2) is 0 Å². The number of hydrogen-bond acceptors (Lipinski definition) is 5. The number of anilines is 1. The third-order valence-electron chi connectivity index (χ3n) is 6.20. The summed E-state index contributed by atoms with van der Waals surface area (Å²) in [4.78, 5) is 15.6. The number of carboxylic acid groups (broad SMARTS) is 1. The summed E-state index contributed by atoms with van der Waals surface area (Å²) in [5.74, 6) is 0.958. The van der Waals surface area contributed by atoms with E-state index in [0.29, 0.717) is 32.7 Å². The van der Waals surface area contributed by atoms with E-state index in [-0.39, 0.29) is 6.47 Å². The second-order valence-corrected chi connectivity index (χ2v) is 10.1. The number of carbonyl (C=O) groups is 1. The average Bonchev–Trinajstić information content (AvgIpc) is 3.17. The number of aromatic nitrogens is 1. The molecular weight excluding hydrogens is 416 g/mol. The quantitative estimate of drug-likeness (QED) is 0.726. The van der Waals surface area contributed by atoms with Crippen molar-refractivity contribution >= 4 is 33.4 Å². The Morgan fingerprint density at radius 1 is 0.903 bits per heavy atom. The fourth-order valence-corrected chi connectivity index (χ4v) is 6.00. The van der Waals surface area contributed by atoms with Gasteiger partial charge in [0, 0.05) is 44.7 Å². The molecule has 170 valence electrons. The van der Waals surface area contributed by atoms with Crippen LogP contribution in [0.4, 0.5) is 5.82 Å². The van der Waals surface area contributed by atoms with Crippen LogP contribution in [0.5, 0.6) is 0 Å². The summed E-state index contributed by atoms with van der Waals surface area (Å²) in [6.45, 7) is 10.0. The molecule has 2 aromatic rings. The van der Waals surface area contributed by atoms with Crippen molar-refractivity contribution in [3.05, 3.63) is 34.9 Å². The van der Waals surface area contributed by atoms with E-state index in [4.69, 9.17) is 14.9 Å². The van der Waals surface area contributed by atoms with Crippen LogP contribution in [0.25, 0.3) is 10.9 Å². The topological polar surface area (TPSA) is 94.1 Å². The van der Waals surface area contributed by atoms with Crippen LogP contribution >= 0.6 is 0 Å². The summed E-state index contributed by atoms with van der Waals surface area (Å²) in [5.41, 5.74) is 4.74. The minimum absolute atomic E-state index is 0.250. The van der Waals surface area contributed by atoms with Crippen molar-refractivity contribution < 1.29 is 18.3 Å². The van der Waals surface area contributed by atoms with Gasteiger partial charge < -0.3 is 10.0 Å². The maximum Gasteiger partial charge on any atom is 0.290 e. The van der Waals surface area contributed by atoms with Gasteiger partial charge in [-0.2, -0.15) is 17.0 Å². The number of fused-ring (bicyclic) bond motifs is 1. The first-order valence-electron chi connectivity index (χ1n) is 10.7. The summed E-state index contributed by atoms with van der Waals surface area (Å²) >= 11 is 0. The smallest absolute Gasteiger partial charge is 0.290 e. The van der Waals surface area contributed by atoms with Crippen molar-refractivity contribution in [1.29, 1.82) is 0 Å². The van der Waals surface area contributed by atoms with Crippen LogP contribution in [0, 0.1) is 20.8 Å². The Morgan fingerprint density at radius 2 is 1.52 bits per heavy atom. The molecule has 1 aromatic carbocycles. The normalized spacial score (nSPS) is 18.5. The van der Waals surface area contributed by atoms with Crippen molar-refractivity contribution in [2.24, 2.45) is 0 Å². The average molecular weight is 449 g/mol. The van der Waals surface area contributed by atoms with E-state index in [1.165, 1.54) is 22.1 Å². The molecule has 8 nitrogen and oxygen atoms in total. The van der Waals surface area contributed by atoms with Crippen LogP contribution in [0.15, 0.2) is 18.2 Å². The standard InChI is InChI=1S/C21H30N4O2S.CH2O2/c1-16-7-8-19-17(2)15-20(22-21(19)18(16)3)23-9-6-12-25(14-13-23)28(26,27)24-10-4-5-11-24;2-1-3/h7-8,15H,4-6,9-14H2,1-3H3;1H,(H,2,3). The Kier molecular flexibility index (Phi) is 7.51. The molecule has 1 aromatic heterocycles. The number of pyridine rings is 1. The van der Waals surface area contributed by atoms with E-state index in [1.807, 2.05) is 0 Å². The molecule has 2 aliphatic heterocycles. The Balaban J connectivity index is 0.000000858. The third-order valence-corrected chi connectivity index (χ3v) is 8.23. The molecule has 3 heterocycles. The molecule has 2 saturated heterocycles. The van der Waals surface area contributed by atoms with E-state index in [2.05, 4.69) is 43.9 Å². The molecule has 0 spiro atoms. The molecule has 0 saturated carbocycles. The zero-order valence-corrected chi connectivity index (χ0v) is 19.4. The highest BCUT2D eigenvalue weighted by Gasteiger charge is 2.32. The van der Waals surface area contributed by atoms with Crippen LogP contribution in [-0.2, 0) is 15.0 Å². The minimum atomic E-state index is -3.33. The zero-order valence-electron chi connectivity index (χ0n) is 18.5. The van der Waals surface area contributed by atoms with Gasteiger partial charge in [0.1, 0.15) is 5.82 Å². The summed E-state index contributed by atoms with van der Waals surface area (Å²) < 4.78 is 29.1. The predicted molar refractivity (Wildman–Crippen MR) is 123 cm³/mol. The van der Waals surface area contributed by atoms with Gasteiger partial charge in [-0.25, -0.2) is 4.98 Å². The molecule has 9 heteroatoms. The van der Waals surface area contributed by atoms with E-state index in [1.54, 1.807) is 8.61 Å². The molecule has 31 heavy (non-hydrogen) atoms. The van der Waals surface area contributed by atoms with Crippen LogP contribution in [-0.4, -0.2) is 72.9 Å². The Morgan fingerprint density at radius 3 is 2.19 bits per heavy atom. The van der Waals surface area contributed by atoms with Gasteiger partial charge in [0.05, 0.1) is 5.52 Å². The van der Waals surface area contributed by atoms with Crippen molar-refractivity contribution in [3.63, 3.8) is 0 Å². The number of rotatable bonds is 3. The third kappa shape index (κ3) is 4.99. The maximum absolute atomic E-state index is 12.9. The number of hydrogen-bond donors (Lipinski definition) is 1. The minimum Gasteiger partial charge on any atom is -0.483 e. The van der Waals surface area contributed by atoms with Gasteiger partial charge in [-0.15, -0.1) is 0 Å². The highest BCUT2D eigenvalue weighted by molar-refractivity contribution is 7.86. The van der Waals surface area contributed by atoms with E-state index >= 15 is 0 Å². The monoisotopic (exact) mass is 448 g/mol. The summed E-state index contributed by atoms with van der Waals surface area (Å²) in [5, 5.41) is 8.08. The highest BCUT2D eigenvalue weighted by Crippen LogP contribution is 2.27. The van der Waals surface area contributed by atoms with Crippen LogP contribution in [0.1, 0.15) is 36.0 Å². The number of aryl methyl sites for hydroxylation is 3. The second-order valence-electron chi connectivity index (χ2n) is 8.16. The lowest BCUT2D eigenvalue weighted by Crippen LogP contribution is -2.44. The maximum atomic E-state index is 12.9.